The van der Waals surface area contributed by atoms with Crippen LogP contribution in [0, 0.1) is 6.92 Å². The van der Waals surface area contributed by atoms with Gasteiger partial charge < -0.3 is 0 Å². The minimum absolute atomic E-state index is 0.0226. The van der Waals surface area contributed by atoms with Gasteiger partial charge in [0.15, 0.2) is 5.16 Å². The Morgan fingerprint density at radius 3 is 2.53 bits per heavy atom. The van der Waals surface area contributed by atoms with Crippen molar-refractivity contribution < 1.29 is 4.79 Å². The molecule has 0 aliphatic carbocycles. The Balaban J connectivity index is 1.57. The van der Waals surface area contributed by atoms with E-state index in [4.69, 9.17) is 23.2 Å². The van der Waals surface area contributed by atoms with Crippen LogP contribution < -0.4 is 11.0 Å². The van der Waals surface area contributed by atoms with Gasteiger partial charge in [0.2, 0.25) is 0 Å². The molecule has 0 aliphatic heterocycles. The molecular formula is C25H20Cl2N4O2S. The van der Waals surface area contributed by atoms with E-state index in [1.54, 1.807) is 43.3 Å². The Morgan fingerprint density at radius 1 is 1.06 bits per heavy atom. The highest BCUT2D eigenvalue weighted by Crippen LogP contribution is 2.23. The number of aromatic nitrogens is 2. The molecule has 0 radical (unpaired) electrons. The van der Waals surface area contributed by atoms with Crippen LogP contribution in [-0.2, 0) is 4.79 Å². The van der Waals surface area contributed by atoms with Crippen LogP contribution in [0.1, 0.15) is 18.1 Å². The fraction of sp³-hybridized carbons (Fsp3) is 0.120. The molecule has 0 unspecified atom stereocenters. The predicted molar refractivity (Wildman–Crippen MR) is 140 cm³/mol. The smallest absolute Gasteiger partial charge is 0.266 e. The maximum atomic E-state index is 13.3. The Morgan fingerprint density at radius 2 is 1.79 bits per heavy atom. The van der Waals surface area contributed by atoms with Crippen LogP contribution in [0.15, 0.2) is 81.8 Å². The fourth-order valence-electron chi connectivity index (χ4n) is 3.23. The molecule has 4 aromatic rings. The number of carbonyl (C=O) groups is 1. The van der Waals surface area contributed by atoms with Crippen LogP contribution in [0.2, 0.25) is 10.0 Å². The number of hydrazone groups is 1. The highest BCUT2D eigenvalue weighted by molar-refractivity contribution is 7.99. The molecular weight excluding hydrogens is 491 g/mol. The van der Waals surface area contributed by atoms with Crippen LogP contribution in [0.25, 0.3) is 16.6 Å². The topological polar surface area (TPSA) is 76.3 Å². The van der Waals surface area contributed by atoms with E-state index < -0.39 is 0 Å². The standard InChI is InChI=1S/C25H20Cl2N4O2S/c1-15-7-10-18(11-8-15)31-24(33)19-5-3-4-6-22(19)28-25(31)34-14-23(32)30-29-16(2)17-9-12-20(26)21(27)13-17/h3-13H,14H2,1-2H3,(H,30,32). The second-order valence-corrected chi connectivity index (χ2v) is 9.29. The van der Waals surface area contributed by atoms with Gasteiger partial charge in [-0.1, -0.05) is 70.9 Å². The average molecular weight is 511 g/mol. The van der Waals surface area contributed by atoms with E-state index in [0.29, 0.717) is 37.5 Å². The quantitative estimate of drug-likeness (QED) is 0.158. The molecule has 0 fully saturated rings. The van der Waals surface area contributed by atoms with Gasteiger partial charge in [-0.25, -0.2) is 10.4 Å². The number of halogens is 2. The van der Waals surface area contributed by atoms with Crippen molar-refractivity contribution in [1.82, 2.24) is 15.0 Å². The number of carbonyl (C=O) groups excluding carboxylic acids is 1. The molecule has 0 bridgehead atoms. The van der Waals surface area contributed by atoms with Crippen LogP contribution in [-0.4, -0.2) is 26.9 Å². The average Bonchev–Trinajstić information content (AvgIpc) is 2.84. The normalized spacial score (nSPS) is 11.6. The van der Waals surface area contributed by atoms with Gasteiger partial charge in [0.25, 0.3) is 11.5 Å². The number of aryl methyl sites for hydroxylation is 1. The van der Waals surface area contributed by atoms with Crippen molar-refractivity contribution in [2.24, 2.45) is 5.10 Å². The number of para-hydroxylation sites is 1. The zero-order valence-corrected chi connectivity index (χ0v) is 20.7. The van der Waals surface area contributed by atoms with Gasteiger partial charge in [-0.3, -0.25) is 14.2 Å². The SMILES string of the molecule is CC(=NNC(=O)CSc1nc2ccccc2c(=O)n1-c1ccc(C)cc1)c1ccc(Cl)c(Cl)c1. The summed E-state index contributed by atoms with van der Waals surface area (Å²) in [4.78, 5) is 30.4. The second-order valence-electron chi connectivity index (χ2n) is 7.54. The maximum Gasteiger partial charge on any atom is 0.266 e. The number of hydrogen-bond donors (Lipinski definition) is 1. The zero-order chi connectivity index (χ0) is 24.2. The van der Waals surface area contributed by atoms with E-state index in [1.807, 2.05) is 37.3 Å². The summed E-state index contributed by atoms with van der Waals surface area (Å²) in [6.07, 6.45) is 0. The van der Waals surface area contributed by atoms with Crippen LogP contribution in [0.5, 0.6) is 0 Å². The maximum absolute atomic E-state index is 13.3. The Labute approximate surface area is 210 Å². The Kier molecular flexibility index (Phi) is 7.36. The van der Waals surface area contributed by atoms with E-state index >= 15 is 0 Å². The van der Waals surface area contributed by atoms with Crippen LogP contribution in [0.4, 0.5) is 0 Å². The highest BCUT2D eigenvalue weighted by Gasteiger charge is 2.15. The largest absolute Gasteiger partial charge is 0.272 e. The lowest BCUT2D eigenvalue weighted by Gasteiger charge is -2.13. The third-order valence-electron chi connectivity index (χ3n) is 5.06. The van der Waals surface area contributed by atoms with Gasteiger partial charge in [-0.2, -0.15) is 5.10 Å². The second kappa shape index (κ2) is 10.4. The molecule has 1 aromatic heterocycles. The molecule has 0 saturated heterocycles. The summed E-state index contributed by atoms with van der Waals surface area (Å²) >= 11 is 13.2. The molecule has 3 aromatic carbocycles. The summed E-state index contributed by atoms with van der Waals surface area (Å²) in [6.45, 7) is 3.73. The third kappa shape index (κ3) is 5.33. The lowest BCUT2D eigenvalue weighted by atomic mass is 10.1. The van der Waals surface area contributed by atoms with Crippen molar-refractivity contribution in [2.75, 3.05) is 5.75 Å². The van der Waals surface area contributed by atoms with Crippen molar-refractivity contribution in [2.45, 2.75) is 19.0 Å². The molecule has 34 heavy (non-hydrogen) atoms. The molecule has 6 nitrogen and oxygen atoms in total. The summed E-state index contributed by atoms with van der Waals surface area (Å²) < 4.78 is 1.53. The van der Waals surface area contributed by atoms with E-state index in [0.717, 1.165) is 11.1 Å². The summed E-state index contributed by atoms with van der Waals surface area (Å²) in [5.74, 6) is -0.309. The number of nitrogens with one attached hydrogen (secondary N) is 1. The van der Waals surface area contributed by atoms with Crippen molar-refractivity contribution in [3.05, 3.63) is 98.3 Å². The first-order valence-electron chi connectivity index (χ1n) is 10.3. The summed E-state index contributed by atoms with van der Waals surface area (Å²) in [7, 11) is 0. The molecule has 9 heteroatoms. The zero-order valence-electron chi connectivity index (χ0n) is 18.4. The number of nitrogens with zero attached hydrogens (tertiary/aromatic N) is 3. The summed E-state index contributed by atoms with van der Waals surface area (Å²) in [6, 6.07) is 19.9. The molecule has 172 valence electrons. The number of thioether (sulfide) groups is 1. The minimum Gasteiger partial charge on any atom is -0.272 e. The fourth-order valence-corrected chi connectivity index (χ4v) is 4.33. The summed E-state index contributed by atoms with van der Waals surface area (Å²) in [5.41, 5.74) is 6.01. The number of rotatable bonds is 6. The van der Waals surface area contributed by atoms with Gasteiger partial charge in [0.05, 0.1) is 38.1 Å². The van der Waals surface area contributed by atoms with Crippen LogP contribution in [0.3, 0.4) is 0 Å². The molecule has 1 N–H and O–H groups in total. The predicted octanol–water partition coefficient (Wildman–Crippen LogP) is 5.63. The number of benzene rings is 3. The van der Waals surface area contributed by atoms with Gasteiger partial charge in [-0.05, 0) is 55.8 Å². The lowest BCUT2D eigenvalue weighted by molar-refractivity contribution is -0.118. The molecule has 0 saturated carbocycles. The van der Waals surface area contributed by atoms with Crippen molar-refractivity contribution >= 4 is 57.5 Å². The van der Waals surface area contributed by atoms with E-state index in [2.05, 4.69) is 15.5 Å². The van der Waals surface area contributed by atoms with Crippen molar-refractivity contribution in [3.63, 3.8) is 0 Å². The molecule has 4 rings (SSSR count). The van der Waals surface area contributed by atoms with Gasteiger partial charge in [0, 0.05) is 0 Å². The van der Waals surface area contributed by atoms with Gasteiger partial charge in [-0.15, -0.1) is 0 Å². The molecule has 1 heterocycles. The Bertz CT molecular complexity index is 1470. The number of hydrogen-bond acceptors (Lipinski definition) is 5. The molecule has 0 atom stereocenters. The lowest BCUT2D eigenvalue weighted by Crippen LogP contribution is -2.24. The Hall–Kier alpha value is -3.13. The first-order valence-corrected chi connectivity index (χ1v) is 12.1. The number of fused-ring (bicyclic) bond motifs is 1. The summed E-state index contributed by atoms with van der Waals surface area (Å²) in [5, 5.41) is 5.94. The monoisotopic (exact) mass is 510 g/mol. The minimum atomic E-state index is -0.331. The molecule has 1 amide bonds. The van der Waals surface area contributed by atoms with E-state index in [-0.39, 0.29) is 17.2 Å². The van der Waals surface area contributed by atoms with Gasteiger partial charge >= 0.3 is 0 Å². The van der Waals surface area contributed by atoms with Crippen LogP contribution >= 0.6 is 35.0 Å². The third-order valence-corrected chi connectivity index (χ3v) is 6.73. The van der Waals surface area contributed by atoms with Gasteiger partial charge in [0.1, 0.15) is 0 Å². The first-order chi connectivity index (χ1) is 16.3. The molecule has 0 spiro atoms. The highest BCUT2D eigenvalue weighted by atomic mass is 35.5. The number of amides is 1. The molecule has 0 aliphatic rings. The van der Waals surface area contributed by atoms with E-state index in [9.17, 15) is 9.59 Å². The van der Waals surface area contributed by atoms with Crippen molar-refractivity contribution in [3.8, 4) is 5.69 Å². The first kappa shape index (κ1) is 24.0. The van der Waals surface area contributed by atoms with Crippen molar-refractivity contribution in [1.29, 1.82) is 0 Å². The van der Waals surface area contributed by atoms with E-state index in [1.165, 1.54) is 16.3 Å².